The summed E-state index contributed by atoms with van der Waals surface area (Å²) in [4.78, 5) is 11.9. The van der Waals surface area contributed by atoms with Gasteiger partial charge in [-0.2, -0.15) is 5.10 Å². The quantitative estimate of drug-likeness (QED) is 0.559. The van der Waals surface area contributed by atoms with Crippen LogP contribution in [0, 0.1) is 0 Å². The summed E-state index contributed by atoms with van der Waals surface area (Å²) in [5.74, 6) is -0.653. The molecule has 0 atom stereocenters. The molecule has 2 rings (SSSR count). The van der Waals surface area contributed by atoms with E-state index in [-0.39, 0.29) is 49.8 Å². The van der Waals surface area contributed by atoms with E-state index in [2.05, 4.69) is 10.4 Å². The second-order valence-corrected chi connectivity index (χ2v) is 5.89. The predicted octanol–water partition coefficient (Wildman–Crippen LogP) is 3.25. The zero-order chi connectivity index (χ0) is 17.6. The average Bonchev–Trinajstić information content (AvgIpc) is 2.93. The molecule has 24 heavy (non-hydrogen) atoms. The van der Waals surface area contributed by atoms with Crippen LogP contribution in [0.5, 0.6) is 11.5 Å². The summed E-state index contributed by atoms with van der Waals surface area (Å²) in [6.07, 6.45) is 3.47. The Kier molecular flexibility index (Phi) is 8.73. The number of nitrogens with one attached hydrogen (secondary N) is 1. The fraction of sp³-hybridized carbons (Fsp3) is 0.412. The van der Waals surface area contributed by atoms with Crippen LogP contribution >= 0.6 is 0 Å². The molecule has 1 heterocycles. The van der Waals surface area contributed by atoms with Gasteiger partial charge in [-0.25, -0.2) is 0 Å². The van der Waals surface area contributed by atoms with Crippen molar-refractivity contribution >= 4 is 11.6 Å². The van der Waals surface area contributed by atoms with Crippen molar-refractivity contribution in [3.63, 3.8) is 0 Å². The van der Waals surface area contributed by atoms with E-state index in [9.17, 15) is 15.0 Å². The first-order valence-electron chi connectivity index (χ1n) is 7.61. The molecule has 2 aromatic rings. The molecule has 0 fully saturated rings. The van der Waals surface area contributed by atoms with E-state index in [4.69, 9.17) is 0 Å². The topological polar surface area (TPSA) is 87.4 Å². The van der Waals surface area contributed by atoms with E-state index < -0.39 is 0 Å². The molecule has 0 aliphatic heterocycles. The summed E-state index contributed by atoms with van der Waals surface area (Å²) in [5, 5.41) is 25.6. The molecule has 133 valence electrons. The van der Waals surface area contributed by atoms with Crippen LogP contribution in [-0.2, 0) is 37.2 Å². The number of phenolic OH excluding ortho intramolecular Hbond substituents is 2. The minimum absolute atomic E-state index is 0. The van der Waals surface area contributed by atoms with Crippen molar-refractivity contribution in [2.45, 2.75) is 46.6 Å². The molecule has 1 radical (unpaired) electrons. The Morgan fingerprint density at radius 1 is 1.21 bits per heavy atom. The molecule has 1 aromatic carbocycles. The van der Waals surface area contributed by atoms with Gasteiger partial charge in [-0.05, 0) is 38.5 Å². The molecule has 1 aromatic heterocycles. The second-order valence-electron chi connectivity index (χ2n) is 5.89. The fourth-order valence-electron chi connectivity index (χ4n) is 1.82. The molecule has 0 saturated heterocycles. The van der Waals surface area contributed by atoms with E-state index in [1.54, 1.807) is 23.1 Å². The summed E-state index contributed by atoms with van der Waals surface area (Å²) >= 11 is 0. The molecule has 0 unspecified atom stereocenters. The van der Waals surface area contributed by atoms with E-state index in [1.807, 2.05) is 34.6 Å². The van der Waals surface area contributed by atoms with Gasteiger partial charge < -0.3 is 15.5 Å². The van der Waals surface area contributed by atoms with Crippen LogP contribution in [0.15, 0.2) is 30.6 Å². The molecule has 0 bridgehead atoms. The Labute approximate surface area is 156 Å². The molecule has 0 aliphatic carbocycles. The number of hydrogen-bond acceptors (Lipinski definition) is 4. The van der Waals surface area contributed by atoms with Crippen LogP contribution in [0.2, 0.25) is 0 Å². The van der Waals surface area contributed by atoms with Crippen LogP contribution in [0.1, 0.15) is 40.2 Å². The minimum atomic E-state index is -0.235. The largest absolute Gasteiger partial charge is 0.504 e. The van der Waals surface area contributed by atoms with Crippen LogP contribution in [0.3, 0.4) is 0 Å². The van der Waals surface area contributed by atoms with Gasteiger partial charge in [-0.3, -0.25) is 9.48 Å². The van der Waals surface area contributed by atoms with Crippen molar-refractivity contribution in [1.82, 2.24) is 9.78 Å². The van der Waals surface area contributed by atoms with Gasteiger partial charge in [0.1, 0.15) is 0 Å². The zero-order valence-corrected chi connectivity index (χ0v) is 17.4. The molecule has 0 aliphatic rings. The standard InChI is InChI=1S/C15H19N3O3.C2H6.Re/c1-15(2,3)18-9-11(8-16-18)17-14(21)7-10-4-5-12(19)13(20)6-10;1-2;/h4-6,8-9,19-20H,7H2,1-3H3,(H,17,21);1-2H3;. The SMILES string of the molecule is CC.CC(C)(C)n1cc(NC(=O)Cc2ccc(O)c(O)c2)cn1.[Re]. The number of aromatic hydroxyl groups is 2. The van der Waals surface area contributed by atoms with Crippen molar-refractivity contribution < 1.29 is 35.4 Å². The second kappa shape index (κ2) is 9.46. The van der Waals surface area contributed by atoms with Crippen LogP contribution in [-0.4, -0.2) is 25.9 Å². The molecule has 0 saturated carbocycles. The van der Waals surface area contributed by atoms with Gasteiger partial charge in [0.05, 0.1) is 23.8 Å². The molecule has 0 spiro atoms. The van der Waals surface area contributed by atoms with E-state index in [0.29, 0.717) is 11.3 Å². The first-order chi connectivity index (χ1) is 10.8. The predicted molar refractivity (Wildman–Crippen MR) is 90.7 cm³/mol. The smallest absolute Gasteiger partial charge is 0.228 e. The number of anilines is 1. The Hall–Kier alpha value is -1.84. The number of hydrogen-bond donors (Lipinski definition) is 3. The Morgan fingerprint density at radius 2 is 1.83 bits per heavy atom. The Morgan fingerprint density at radius 3 is 2.33 bits per heavy atom. The number of nitrogens with zero attached hydrogens (tertiary/aromatic N) is 2. The van der Waals surface area contributed by atoms with E-state index >= 15 is 0 Å². The minimum Gasteiger partial charge on any atom is -0.504 e. The van der Waals surface area contributed by atoms with Gasteiger partial charge in [0, 0.05) is 26.6 Å². The van der Waals surface area contributed by atoms with Crippen molar-refractivity contribution in [2.24, 2.45) is 0 Å². The molecule has 6 nitrogen and oxygen atoms in total. The van der Waals surface area contributed by atoms with Crippen LogP contribution < -0.4 is 5.32 Å². The number of carbonyl (C=O) groups excluding carboxylic acids is 1. The third-order valence-corrected chi connectivity index (χ3v) is 2.96. The van der Waals surface area contributed by atoms with Gasteiger partial charge in [0.2, 0.25) is 5.91 Å². The van der Waals surface area contributed by atoms with Crippen LogP contribution in [0.25, 0.3) is 0 Å². The van der Waals surface area contributed by atoms with Gasteiger partial charge in [0.25, 0.3) is 0 Å². The van der Waals surface area contributed by atoms with Crippen LogP contribution in [0.4, 0.5) is 5.69 Å². The maximum Gasteiger partial charge on any atom is 0.228 e. The number of aromatic nitrogens is 2. The number of carbonyl (C=O) groups is 1. The van der Waals surface area contributed by atoms with E-state index in [0.717, 1.165) is 0 Å². The fourth-order valence-corrected chi connectivity index (χ4v) is 1.82. The maximum atomic E-state index is 11.9. The number of phenols is 2. The molecular formula is C17H25N3O3Re. The van der Waals surface area contributed by atoms with Crippen molar-refractivity contribution in [2.75, 3.05) is 5.32 Å². The third kappa shape index (κ3) is 6.34. The normalized spacial score (nSPS) is 10.2. The van der Waals surface area contributed by atoms with Gasteiger partial charge in [-0.1, -0.05) is 19.9 Å². The van der Waals surface area contributed by atoms with Gasteiger partial charge in [-0.15, -0.1) is 0 Å². The summed E-state index contributed by atoms with van der Waals surface area (Å²) < 4.78 is 1.77. The summed E-state index contributed by atoms with van der Waals surface area (Å²) in [7, 11) is 0. The summed E-state index contributed by atoms with van der Waals surface area (Å²) in [6, 6.07) is 4.32. The van der Waals surface area contributed by atoms with Crippen molar-refractivity contribution in [3.8, 4) is 11.5 Å². The number of amides is 1. The number of rotatable bonds is 3. The Bertz CT molecular complexity index is 663. The first kappa shape index (κ1) is 22.2. The van der Waals surface area contributed by atoms with Crippen molar-refractivity contribution in [1.29, 1.82) is 0 Å². The number of benzene rings is 1. The third-order valence-electron chi connectivity index (χ3n) is 2.96. The maximum absolute atomic E-state index is 11.9. The van der Waals surface area contributed by atoms with E-state index in [1.165, 1.54) is 12.1 Å². The first-order valence-corrected chi connectivity index (χ1v) is 7.61. The van der Waals surface area contributed by atoms with Crippen molar-refractivity contribution in [3.05, 3.63) is 36.2 Å². The van der Waals surface area contributed by atoms with Gasteiger partial charge >= 0.3 is 0 Å². The molecule has 7 heteroatoms. The summed E-state index contributed by atoms with van der Waals surface area (Å²) in [5.41, 5.74) is 1.09. The zero-order valence-electron chi connectivity index (χ0n) is 14.7. The summed E-state index contributed by atoms with van der Waals surface area (Å²) in [6.45, 7) is 10.1. The Balaban J connectivity index is 0.00000170. The molecule has 1 amide bonds. The monoisotopic (exact) mass is 506 g/mol. The molecular weight excluding hydrogens is 480 g/mol. The molecule has 3 N–H and O–H groups in total. The average molecular weight is 506 g/mol. The van der Waals surface area contributed by atoms with Gasteiger partial charge in [0.15, 0.2) is 11.5 Å².